The lowest BCUT2D eigenvalue weighted by molar-refractivity contribution is 0.0946. The third-order valence-corrected chi connectivity index (χ3v) is 7.62. The van der Waals surface area contributed by atoms with E-state index in [1.54, 1.807) is 43.4 Å². The Morgan fingerprint density at radius 2 is 1.67 bits per heavy atom. The van der Waals surface area contributed by atoms with E-state index >= 15 is 0 Å². The second-order valence-electron chi connectivity index (χ2n) is 7.97. The van der Waals surface area contributed by atoms with Crippen molar-refractivity contribution in [3.8, 4) is 0 Å². The highest BCUT2D eigenvalue weighted by Gasteiger charge is 2.36. The maximum absolute atomic E-state index is 13.4. The second-order valence-corrected chi connectivity index (χ2v) is 9.78. The van der Waals surface area contributed by atoms with Crippen molar-refractivity contribution in [2.24, 2.45) is 0 Å². The molecule has 8 heteroatoms. The maximum Gasteiger partial charge on any atom is 0.264 e. The van der Waals surface area contributed by atoms with Crippen molar-refractivity contribution < 1.29 is 18.0 Å². The van der Waals surface area contributed by atoms with Gasteiger partial charge in [-0.05, 0) is 60.9 Å². The molecule has 2 amide bonds. The fourth-order valence-electron chi connectivity index (χ4n) is 4.02. The van der Waals surface area contributed by atoms with Crippen LogP contribution in [0.25, 0.3) is 0 Å². The number of hydrogen-bond acceptors (Lipinski definition) is 4. The Hall–Kier alpha value is -3.65. The van der Waals surface area contributed by atoms with Gasteiger partial charge < -0.3 is 10.6 Å². The molecule has 7 nitrogen and oxygen atoms in total. The molecule has 3 aromatic rings. The van der Waals surface area contributed by atoms with Gasteiger partial charge in [-0.1, -0.05) is 36.4 Å². The molecule has 4 rings (SSSR count). The first-order valence-electron chi connectivity index (χ1n) is 10.6. The molecule has 0 spiro atoms. The van der Waals surface area contributed by atoms with Crippen LogP contribution in [0.1, 0.15) is 38.8 Å². The number of para-hydroxylation sites is 1. The zero-order chi connectivity index (χ0) is 23.6. The van der Waals surface area contributed by atoms with Crippen molar-refractivity contribution in [2.75, 3.05) is 11.4 Å². The van der Waals surface area contributed by atoms with Gasteiger partial charge in [-0.25, -0.2) is 8.42 Å². The summed E-state index contributed by atoms with van der Waals surface area (Å²) in [7, 11) is -2.26. The lowest BCUT2D eigenvalue weighted by Gasteiger charge is -2.24. The minimum absolute atomic E-state index is 0.0774. The molecule has 1 atom stereocenters. The third kappa shape index (κ3) is 4.47. The minimum atomic E-state index is -3.82. The van der Waals surface area contributed by atoms with Crippen LogP contribution in [-0.2, 0) is 23.0 Å². The van der Waals surface area contributed by atoms with E-state index in [0.717, 1.165) is 11.1 Å². The Kier molecular flexibility index (Phi) is 6.20. The predicted molar refractivity (Wildman–Crippen MR) is 127 cm³/mol. The van der Waals surface area contributed by atoms with E-state index in [2.05, 4.69) is 10.6 Å². The summed E-state index contributed by atoms with van der Waals surface area (Å²) >= 11 is 0. The molecule has 0 saturated heterocycles. The summed E-state index contributed by atoms with van der Waals surface area (Å²) < 4.78 is 28.3. The van der Waals surface area contributed by atoms with Gasteiger partial charge in [0.1, 0.15) is 0 Å². The zero-order valence-corrected chi connectivity index (χ0v) is 19.2. The first-order valence-corrected chi connectivity index (χ1v) is 12.1. The average Bonchev–Trinajstić information content (AvgIpc) is 3.18. The number of fused-ring (bicyclic) bond motifs is 1. The van der Waals surface area contributed by atoms with Crippen LogP contribution >= 0.6 is 0 Å². The van der Waals surface area contributed by atoms with Gasteiger partial charge in [0.2, 0.25) is 0 Å². The number of nitrogens with one attached hydrogen (secondary N) is 2. The Bertz CT molecular complexity index is 1300. The molecular formula is C25H25N3O4S. The van der Waals surface area contributed by atoms with Crippen LogP contribution in [0.15, 0.2) is 77.7 Å². The lowest BCUT2D eigenvalue weighted by Crippen LogP contribution is -2.35. The average molecular weight is 464 g/mol. The normalized spacial score (nSPS) is 15.1. The van der Waals surface area contributed by atoms with Crippen LogP contribution in [-0.4, -0.2) is 33.3 Å². The number of benzene rings is 3. The molecule has 1 unspecified atom stereocenters. The topological polar surface area (TPSA) is 95.6 Å². The first-order chi connectivity index (χ1) is 15.8. The molecule has 1 aliphatic rings. The highest BCUT2D eigenvalue weighted by atomic mass is 32.2. The third-order valence-electron chi connectivity index (χ3n) is 5.69. The lowest BCUT2D eigenvalue weighted by atomic mass is 10.1. The molecular weight excluding hydrogens is 438 g/mol. The van der Waals surface area contributed by atoms with E-state index in [4.69, 9.17) is 0 Å². The second kappa shape index (κ2) is 9.07. The number of carbonyl (C=O) groups excluding carboxylic acids is 2. The van der Waals surface area contributed by atoms with E-state index in [-0.39, 0.29) is 34.9 Å². The molecule has 0 aromatic heterocycles. The summed E-state index contributed by atoms with van der Waals surface area (Å²) in [6, 6.07) is 20.2. The molecule has 0 fully saturated rings. The minimum Gasteiger partial charge on any atom is -0.355 e. The largest absolute Gasteiger partial charge is 0.355 e. The number of carbonyl (C=O) groups is 2. The van der Waals surface area contributed by atoms with Gasteiger partial charge in [0.15, 0.2) is 0 Å². The van der Waals surface area contributed by atoms with Crippen LogP contribution in [0.3, 0.4) is 0 Å². The van der Waals surface area contributed by atoms with Gasteiger partial charge in [0.05, 0.1) is 10.6 Å². The smallest absolute Gasteiger partial charge is 0.264 e. The molecule has 2 N–H and O–H groups in total. The van der Waals surface area contributed by atoms with E-state index in [0.29, 0.717) is 17.7 Å². The van der Waals surface area contributed by atoms with Crippen molar-refractivity contribution >= 4 is 27.5 Å². The molecule has 0 radical (unpaired) electrons. The highest BCUT2D eigenvalue weighted by molar-refractivity contribution is 7.92. The summed E-state index contributed by atoms with van der Waals surface area (Å²) in [6.45, 7) is 2.13. The van der Waals surface area contributed by atoms with E-state index in [9.17, 15) is 18.0 Å². The van der Waals surface area contributed by atoms with Crippen LogP contribution in [0, 0.1) is 0 Å². The number of amides is 2. The van der Waals surface area contributed by atoms with Gasteiger partial charge in [0.25, 0.3) is 21.8 Å². The number of nitrogens with zero attached hydrogens (tertiary/aromatic N) is 1. The molecule has 3 aromatic carbocycles. The van der Waals surface area contributed by atoms with Crippen molar-refractivity contribution in [3.63, 3.8) is 0 Å². The Balaban J connectivity index is 1.51. The zero-order valence-electron chi connectivity index (χ0n) is 18.4. The number of sulfonamides is 1. The fourth-order valence-corrected chi connectivity index (χ4v) is 5.76. The molecule has 33 heavy (non-hydrogen) atoms. The fraction of sp³-hybridized carbons (Fsp3) is 0.200. The standard InChI is InChI=1S/C25H25N3O4S/c1-17-14-20-6-3-4-9-23(20)28(17)33(31,32)22-8-5-7-21(15-22)25(30)27-16-18-10-12-19(13-11-18)24(29)26-2/h3-13,15,17H,14,16H2,1-2H3,(H,26,29)(H,27,30). The van der Waals surface area contributed by atoms with Gasteiger partial charge >= 0.3 is 0 Å². The van der Waals surface area contributed by atoms with Crippen LogP contribution in [0.4, 0.5) is 5.69 Å². The maximum atomic E-state index is 13.4. The van der Waals surface area contributed by atoms with Gasteiger partial charge in [0, 0.05) is 30.8 Å². The Labute approximate surface area is 193 Å². The Morgan fingerprint density at radius 3 is 2.39 bits per heavy atom. The van der Waals surface area contributed by atoms with Gasteiger partial charge in [-0.3, -0.25) is 13.9 Å². The number of anilines is 1. The summed E-state index contributed by atoms with van der Waals surface area (Å²) in [4.78, 5) is 24.4. The van der Waals surface area contributed by atoms with E-state index in [1.807, 2.05) is 31.2 Å². The molecule has 1 heterocycles. The van der Waals surface area contributed by atoms with Crippen molar-refractivity contribution in [3.05, 3.63) is 95.1 Å². The van der Waals surface area contributed by atoms with E-state index in [1.165, 1.54) is 16.4 Å². The summed E-state index contributed by atoms with van der Waals surface area (Å²) in [5.41, 5.74) is 3.29. The molecule has 0 aliphatic carbocycles. The summed E-state index contributed by atoms with van der Waals surface area (Å²) in [5.74, 6) is -0.559. The van der Waals surface area contributed by atoms with Crippen LogP contribution in [0.5, 0.6) is 0 Å². The van der Waals surface area contributed by atoms with Crippen molar-refractivity contribution in [1.82, 2.24) is 10.6 Å². The summed E-state index contributed by atoms with van der Waals surface area (Å²) in [5, 5.41) is 5.36. The molecule has 0 bridgehead atoms. The number of rotatable bonds is 6. The molecule has 1 aliphatic heterocycles. The van der Waals surface area contributed by atoms with Gasteiger partial charge in [-0.15, -0.1) is 0 Å². The van der Waals surface area contributed by atoms with Gasteiger partial charge in [-0.2, -0.15) is 0 Å². The highest BCUT2D eigenvalue weighted by Crippen LogP contribution is 2.36. The quantitative estimate of drug-likeness (QED) is 0.587. The Morgan fingerprint density at radius 1 is 0.939 bits per heavy atom. The van der Waals surface area contributed by atoms with Crippen LogP contribution < -0.4 is 14.9 Å². The SMILES string of the molecule is CNC(=O)c1ccc(CNC(=O)c2cccc(S(=O)(=O)N3c4ccccc4CC3C)c2)cc1. The van der Waals surface area contributed by atoms with Crippen LogP contribution in [0.2, 0.25) is 0 Å². The first kappa shape index (κ1) is 22.5. The molecule has 0 saturated carbocycles. The summed E-state index contributed by atoms with van der Waals surface area (Å²) in [6.07, 6.45) is 0.647. The van der Waals surface area contributed by atoms with Crippen molar-refractivity contribution in [2.45, 2.75) is 30.8 Å². The van der Waals surface area contributed by atoms with Crippen molar-refractivity contribution in [1.29, 1.82) is 0 Å². The molecule has 170 valence electrons. The predicted octanol–water partition coefficient (Wildman–Crippen LogP) is 3.12. The monoisotopic (exact) mass is 463 g/mol. The number of hydrogen-bond donors (Lipinski definition) is 2. The van der Waals surface area contributed by atoms with E-state index < -0.39 is 10.0 Å².